The average molecular weight is 346 g/mol. The van der Waals surface area contributed by atoms with Crippen LogP contribution in [-0.2, 0) is 0 Å². The molecular weight excluding hydrogens is 332 g/mol. The third-order valence-electron chi connectivity index (χ3n) is 4.20. The van der Waals surface area contributed by atoms with Gasteiger partial charge in [0.1, 0.15) is 0 Å². The molecule has 0 saturated heterocycles. The Balaban J connectivity index is 1.92. The SMILES string of the molecule is COc1cc2nc(-c3cc4ccc(C#N)cc4[nH]3)c(=O)[nH]c2cc1OC. The maximum Gasteiger partial charge on any atom is 0.276 e. The molecule has 0 amide bonds. The Labute approximate surface area is 147 Å². The number of aromatic amines is 2. The van der Waals surface area contributed by atoms with Gasteiger partial charge in [-0.25, -0.2) is 4.98 Å². The molecule has 2 N–H and O–H groups in total. The van der Waals surface area contributed by atoms with Gasteiger partial charge in [-0.15, -0.1) is 0 Å². The molecule has 0 bridgehead atoms. The molecule has 0 aliphatic rings. The van der Waals surface area contributed by atoms with Gasteiger partial charge in [0.15, 0.2) is 17.2 Å². The highest BCUT2D eigenvalue weighted by Crippen LogP contribution is 2.31. The van der Waals surface area contributed by atoms with E-state index in [9.17, 15) is 4.79 Å². The van der Waals surface area contributed by atoms with Gasteiger partial charge in [0, 0.05) is 23.0 Å². The standard InChI is InChI=1S/C19H14N4O3/c1-25-16-7-13-14(8-17(16)26-2)23-19(24)18(22-13)15-6-11-4-3-10(9-20)5-12(11)21-15/h3-8,21H,1-2H3,(H,23,24). The Bertz CT molecular complexity index is 1250. The number of H-pyrrole nitrogens is 2. The van der Waals surface area contributed by atoms with E-state index in [1.807, 2.05) is 12.1 Å². The summed E-state index contributed by atoms with van der Waals surface area (Å²) in [6, 6.07) is 12.6. The van der Waals surface area contributed by atoms with Gasteiger partial charge in [-0.3, -0.25) is 4.79 Å². The maximum atomic E-state index is 12.5. The number of methoxy groups -OCH3 is 2. The Kier molecular flexibility index (Phi) is 3.59. The van der Waals surface area contributed by atoms with Gasteiger partial charge in [-0.2, -0.15) is 5.26 Å². The summed E-state index contributed by atoms with van der Waals surface area (Å²) < 4.78 is 10.6. The summed E-state index contributed by atoms with van der Waals surface area (Å²) in [6.45, 7) is 0. The van der Waals surface area contributed by atoms with E-state index < -0.39 is 0 Å². The number of fused-ring (bicyclic) bond motifs is 2. The summed E-state index contributed by atoms with van der Waals surface area (Å²) >= 11 is 0. The molecule has 7 heteroatoms. The number of nitrogens with one attached hydrogen (secondary N) is 2. The van der Waals surface area contributed by atoms with E-state index in [0.29, 0.717) is 33.8 Å². The molecule has 0 unspecified atom stereocenters. The summed E-state index contributed by atoms with van der Waals surface area (Å²) in [6.07, 6.45) is 0. The monoisotopic (exact) mass is 346 g/mol. The largest absolute Gasteiger partial charge is 0.493 e. The molecule has 0 radical (unpaired) electrons. The summed E-state index contributed by atoms with van der Waals surface area (Å²) in [5, 5.41) is 9.92. The van der Waals surface area contributed by atoms with Crippen molar-refractivity contribution in [2.24, 2.45) is 0 Å². The molecule has 128 valence electrons. The first-order valence-corrected chi connectivity index (χ1v) is 7.82. The fraction of sp³-hybridized carbons (Fsp3) is 0.105. The lowest BCUT2D eigenvalue weighted by Gasteiger charge is -2.09. The van der Waals surface area contributed by atoms with Gasteiger partial charge in [-0.1, -0.05) is 6.07 Å². The zero-order valence-corrected chi connectivity index (χ0v) is 14.1. The predicted octanol–water partition coefficient (Wildman–Crippen LogP) is 2.96. The Hall–Kier alpha value is -3.79. The highest BCUT2D eigenvalue weighted by atomic mass is 16.5. The van der Waals surface area contributed by atoms with E-state index in [1.165, 1.54) is 7.11 Å². The van der Waals surface area contributed by atoms with Crippen molar-refractivity contribution in [2.75, 3.05) is 14.2 Å². The molecule has 4 aromatic rings. The first-order chi connectivity index (χ1) is 12.6. The van der Waals surface area contributed by atoms with Crippen molar-refractivity contribution < 1.29 is 9.47 Å². The van der Waals surface area contributed by atoms with E-state index in [1.54, 1.807) is 31.4 Å². The van der Waals surface area contributed by atoms with E-state index in [4.69, 9.17) is 14.7 Å². The molecule has 0 aliphatic heterocycles. The lowest BCUT2D eigenvalue weighted by Crippen LogP contribution is -2.11. The zero-order chi connectivity index (χ0) is 18.3. The van der Waals surface area contributed by atoms with Crippen LogP contribution in [0.3, 0.4) is 0 Å². The molecule has 0 spiro atoms. The first-order valence-electron chi connectivity index (χ1n) is 7.82. The third-order valence-corrected chi connectivity index (χ3v) is 4.20. The number of rotatable bonds is 3. The van der Waals surface area contributed by atoms with Gasteiger partial charge in [0.05, 0.1) is 42.6 Å². The normalized spacial score (nSPS) is 10.8. The van der Waals surface area contributed by atoms with Gasteiger partial charge in [-0.05, 0) is 18.2 Å². The van der Waals surface area contributed by atoms with Crippen LogP contribution in [0.15, 0.2) is 41.2 Å². The van der Waals surface area contributed by atoms with E-state index in [-0.39, 0.29) is 11.3 Å². The first kappa shape index (κ1) is 15.7. The minimum absolute atomic E-state index is 0.263. The third kappa shape index (κ3) is 2.45. The van der Waals surface area contributed by atoms with Crippen LogP contribution in [0.2, 0.25) is 0 Å². The van der Waals surface area contributed by atoms with Crippen LogP contribution < -0.4 is 15.0 Å². The van der Waals surface area contributed by atoms with Crippen molar-refractivity contribution in [1.82, 2.24) is 15.0 Å². The van der Waals surface area contributed by atoms with Crippen LogP contribution in [0.5, 0.6) is 11.5 Å². The van der Waals surface area contributed by atoms with Gasteiger partial charge < -0.3 is 19.4 Å². The number of hydrogen-bond donors (Lipinski definition) is 2. The van der Waals surface area contributed by atoms with Gasteiger partial charge in [0.2, 0.25) is 0 Å². The van der Waals surface area contributed by atoms with Crippen LogP contribution in [-0.4, -0.2) is 29.2 Å². The van der Waals surface area contributed by atoms with Crippen molar-refractivity contribution in [3.8, 4) is 29.0 Å². The van der Waals surface area contributed by atoms with E-state index in [2.05, 4.69) is 21.0 Å². The maximum absolute atomic E-state index is 12.5. The molecule has 4 rings (SSSR count). The topological polar surface area (TPSA) is 104 Å². The minimum Gasteiger partial charge on any atom is -0.493 e. The second kappa shape index (κ2) is 5.93. The van der Waals surface area contributed by atoms with Crippen molar-refractivity contribution in [3.05, 3.63) is 52.3 Å². The number of hydrogen-bond acceptors (Lipinski definition) is 5. The molecule has 0 saturated carbocycles. The van der Waals surface area contributed by atoms with Crippen molar-refractivity contribution in [2.45, 2.75) is 0 Å². The van der Waals surface area contributed by atoms with Gasteiger partial charge >= 0.3 is 0 Å². The lowest BCUT2D eigenvalue weighted by atomic mass is 10.2. The average Bonchev–Trinajstić information content (AvgIpc) is 3.09. The number of benzene rings is 2. The number of aromatic nitrogens is 3. The van der Waals surface area contributed by atoms with Crippen LogP contribution in [0.1, 0.15) is 5.56 Å². The fourth-order valence-corrected chi connectivity index (χ4v) is 2.92. The molecule has 0 fully saturated rings. The molecule has 26 heavy (non-hydrogen) atoms. The minimum atomic E-state index is -0.322. The Morgan fingerprint density at radius 3 is 2.50 bits per heavy atom. The molecular formula is C19H14N4O3. The molecule has 0 aliphatic carbocycles. The molecule has 0 atom stereocenters. The van der Waals surface area contributed by atoms with E-state index >= 15 is 0 Å². The van der Waals surface area contributed by atoms with Crippen LogP contribution in [0, 0.1) is 11.3 Å². The van der Waals surface area contributed by atoms with Crippen molar-refractivity contribution in [1.29, 1.82) is 5.26 Å². The van der Waals surface area contributed by atoms with Gasteiger partial charge in [0.25, 0.3) is 5.56 Å². The quantitative estimate of drug-likeness (QED) is 0.593. The van der Waals surface area contributed by atoms with Crippen LogP contribution in [0.25, 0.3) is 33.3 Å². The second-order valence-electron chi connectivity index (χ2n) is 5.74. The molecule has 2 aromatic heterocycles. The molecule has 2 aromatic carbocycles. The second-order valence-corrected chi connectivity index (χ2v) is 5.74. The Morgan fingerprint density at radius 2 is 1.77 bits per heavy atom. The summed E-state index contributed by atoms with van der Waals surface area (Å²) in [5.74, 6) is 1.04. The highest BCUT2D eigenvalue weighted by Gasteiger charge is 2.13. The Morgan fingerprint density at radius 1 is 1.00 bits per heavy atom. The van der Waals surface area contributed by atoms with Crippen molar-refractivity contribution in [3.63, 3.8) is 0 Å². The molecule has 7 nitrogen and oxygen atoms in total. The highest BCUT2D eigenvalue weighted by molar-refractivity contribution is 5.87. The van der Waals surface area contributed by atoms with Crippen LogP contribution in [0.4, 0.5) is 0 Å². The summed E-state index contributed by atoms with van der Waals surface area (Å²) in [7, 11) is 3.07. The fourth-order valence-electron chi connectivity index (χ4n) is 2.92. The van der Waals surface area contributed by atoms with E-state index in [0.717, 1.165) is 10.9 Å². The summed E-state index contributed by atoms with van der Waals surface area (Å²) in [4.78, 5) is 23.0. The smallest absolute Gasteiger partial charge is 0.276 e. The van der Waals surface area contributed by atoms with Crippen LogP contribution >= 0.6 is 0 Å². The molecule has 2 heterocycles. The predicted molar refractivity (Wildman–Crippen MR) is 97.5 cm³/mol. The number of ether oxygens (including phenoxy) is 2. The number of nitriles is 1. The zero-order valence-electron chi connectivity index (χ0n) is 14.1. The van der Waals surface area contributed by atoms with Crippen molar-refractivity contribution >= 4 is 21.9 Å². The lowest BCUT2D eigenvalue weighted by molar-refractivity contribution is 0.355. The number of nitrogens with zero attached hydrogens (tertiary/aromatic N) is 2. The summed E-state index contributed by atoms with van der Waals surface area (Å²) in [5.41, 5.74) is 2.97.